The fraction of sp³-hybridized carbons (Fsp3) is 0.630. The van der Waals surface area contributed by atoms with Crippen molar-refractivity contribution in [2.24, 2.45) is 0 Å². The molecule has 2 unspecified atom stereocenters. The maximum absolute atomic E-state index is 12.7. The molecule has 0 bridgehead atoms. The van der Waals surface area contributed by atoms with E-state index < -0.39 is 26.5 Å². The highest BCUT2D eigenvalue weighted by molar-refractivity contribution is 7.47. The van der Waals surface area contributed by atoms with Crippen molar-refractivity contribution in [2.75, 3.05) is 47.5 Å². The topological polar surface area (TPSA) is 108 Å². The standard InChI is InChI=1S/C54H90NO8P/c1-6-8-10-12-14-16-17-18-19-20-21-22-23-24-25-26-27-28-29-30-31-32-33-34-35-36-37-39-41-43-45-47-54(57)63-52(51-62-64(58,59)61-49-48-55(3,4)5)50-60-53(56)46-44-42-40-38-15-13-11-9-7-2/h8,10,14,16,18-19,21-22,24-25,27-28,30-31,33-34,36-37,52H,6-7,9,11-13,15,17,20,23,26,29,32,35,38-51H2,1-5H3/p+1/b10-8-,16-14-,19-18-,22-21-,25-24-,28-27-,31-30-,34-33-,37-36-. The Morgan fingerprint density at radius 2 is 0.891 bits per heavy atom. The number of likely N-dealkylation sites (N-methyl/N-ethyl adjacent to an activating group) is 1. The van der Waals surface area contributed by atoms with E-state index in [2.05, 4.69) is 123 Å². The van der Waals surface area contributed by atoms with E-state index >= 15 is 0 Å². The fourth-order valence-electron chi connectivity index (χ4n) is 6.00. The van der Waals surface area contributed by atoms with Crippen LogP contribution in [0.4, 0.5) is 0 Å². The van der Waals surface area contributed by atoms with Gasteiger partial charge < -0.3 is 18.9 Å². The van der Waals surface area contributed by atoms with Crippen LogP contribution in [0.5, 0.6) is 0 Å². The van der Waals surface area contributed by atoms with E-state index in [1.807, 2.05) is 21.1 Å². The van der Waals surface area contributed by atoms with Crippen LogP contribution in [0.25, 0.3) is 0 Å². The molecule has 64 heavy (non-hydrogen) atoms. The molecule has 0 spiro atoms. The number of nitrogens with zero attached hydrogens (tertiary/aromatic N) is 1. The Morgan fingerprint density at radius 1 is 0.500 bits per heavy atom. The van der Waals surface area contributed by atoms with Crippen LogP contribution < -0.4 is 0 Å². The van der Waals surface area contributed by atoms with Gasteiger partial charge in [-0.05, 0) is 83.5 Å². The number of phosphoric acid groups is 1. The number of esters is 2. The molecule has 364 valence electrons. The summed E-state index contributed by atoms with van der Waals surface area (Å²) in [5.41, 5.74) is 0. The lowest BCUT2D eigenvalue weighted by Gasteiger charge is -2.24. The summed E-state index contributed by atoms with van der Waals surface area (Å²) in [6.45, 7) is 4.22. The molecule has 9 nitrogen and oxygen atoms in total. The number of allylic oxidation sites excluding steroid dienone is 18. The van der Waals surface area contributed by atoms with E-state index in [1.165, 1.54) is 38.5 Å². The largest absolute Gasteiger partial charge is 0.472 e. The predicted molar refractivity (Wildman–Crippen MR) is 270 cm³/mol. The van der Waals surface area contributed by atoms with Crippen molar-refractivity contribution in [2.45, 2.75) is 174 Å². The summed E-state index contributed by atoms with van der Waals surface area (Å²) in [5.74, 6) is -0.849. The van der Waals surface area contributed by atoms with Gasteiger partial charge in [0.1, 0.15) is 19.8 Å². The van der Waals surface area contributed by atoms with E-state index in [0.717, 1.165) is 96.3 Å². The number of carbonyl (C=O) groups is 2. The van der Waals surface area contributed by atoms with Crippen molar-refractivity contribution in [3.8, 4) is 0 Å². The predicted octanol–water partition coefficient (Wildman–Crippen LogP) is 14.7. The molecule has 0 aliphatic carbocycles. The molecule has 0 rings (SSSR count). The van der Waals surface area contributed by atoms with Gasteiger partial charge in [0.25, 0.3) is 0 Å². The van der Waals surface area contributed by atoms with E-state index in [1.54, 1.807) is 0 Å². The van der Waals surface area contributed by atoms with Crippen LogP contribution >= 0.6 is 7.82 Å². The van der Waals surface area contributed by atoms with Crippen molar-refractivity contribution >= 4 is 19.8 Å². The molecule has 0 amide bonds. The van der Waals surface area contributed by atoms with E-state index in [-0.39, 0.29) is 32.0 Å². The van der Waals surface area contributed by atoms with Gasteiger partial charge in [0.15, 0.2) is 6.10 Å². The summed E-state index contributed by atoms with van der Waals surface area (Å²) < 4.78 is 34.2. The van der Waals surface area contributed by atoms with Crippen molar-refractivity contribution in [1.29, 1.82) is 0 Å². The molecule has 0 saturated heterocycles. The number of hydrogen-bond donors (Lipinski definition) is 1. The summed E-state index contributed by atoms with van der Waals surface area (Å²) in [5, 5.41) is 0. The smallest absolute Gasteiger partial charge is 0.462 e. The molecular formula is C54H91NO8P+. The van der Waals surface area contributed by atoms with Gasteiger partial charge in [0, 0.05) is 12.8 Å². The number of phosphoric ester groups is 1. The van der Waals surface area contributed by atoms with Gasteiger partial charge in [0.2, 0.25) is 0 Å². The van der Waals surface area contributed by atoms with Crippen molar-refractivity contribution in [1.82, 2.24) is 0 Å². The lowest BCUT2D eigenvalue weighted by Crippen LogP contribution is -2.37. The van der Waals surface area contributed by atoms with Crippen LogP contribution in [-0.4, -0.2) is 74.9 Å². The molecule has 10 heteroatoms. The molecule has 0 fully saturated rings. The second-order valence-electron chi connectivity index (χ2n) is 17.1. The lowest BCUT2D eigenvalue weighted by atomic mass is 10.1. The zero-order chi connectivity index (χ0) is 47.1. The average Bonchev–Trinajstić information content (AvgIpc) is 3.25. The van der Waals surface area contributed by atoms with Gasteiger partial charge in [-0.15, -0.1) is 0 Å². The van der Waals surface area contributed by atoms with E-state index in [4.69, 9.17) is 18.5 Å². The number of ether oxygens (including phenoxy) is 2. The maximum Gasteiger partial charge on any atom is 0.472 e. The third-order valence-corrected chi connectivity index (χ3v) is 10.8. The van der Waals surface area contributed by atoms with Crippen LogP contribution in [-0.2, 0) is 32.7 Å². The lowest BCUT2D eigenvalue weighted by molar-refractivity contribution is -0.870. The second-order valence-corrected chi connectivity index (χ2v) is 18.6. The van der Waals surface area contributed by atoms with Gasteiger partial charge in [-0.25, -0.2) is 4.57 Å². The highest BCUT2D eigenvalue weighted by Gasteiger charge is 2.27. The normalized spacial score (nSPS) is 14.4. The number of rotatable bonds is 43. The van der Waals surface area contributed by atoms with Gasteiger partial charge in [-0.1, -0.05) is 181 Å². The van der Waals surface area contributed by atoms with Crippen molar-refractivity contribution < 1.29 is 42.1 Å². The van der Waals surface area contributed by atoms with E-state index in [9.17, 15) is 19.0 Å². The number of unbranched alkanes of at least 4 members (excludes halogenated alkanes) is 11. The average molecular weight is 913 g/mol. The first-order valence-electron chi connectivity index (χ1n) is 24.6. The first-order valence-corrected chi connectivity index (χ1v) is 26.1. The molecule has 1 N–H and O–H groups in total. The minimum atomic E-state index is -4.39. The SMILES string of the molecule is CC/C=C\C/C=C\C/C=C\C/C=C\C/C=C\C/C=C\C/C=C\C/C=C\C/C=C\CCCCCC(=O)OC(COC(=O)CCCCCCCCCCC)COP(=O)(O)OCC[N+](C)(C)C. The quantitative estimate of drug-likeness (QED) is 0.0212. The zero-order valence-corrected chi connectivity index (χ0v) is 41.9. The summed E-state index contributed by atoms with van der Waals surface area (Å²) >= 11 is 0. The van der Waals surface area contributed by atoms with Crippen LogP contribution in [0.2, 0.25) is 0 Å². The summed E-state index contributed by atoms with van der Waals surface area (Å²) in [7, 11) is 1.44. The fourth-order valence-corrected chi connectivity index (χ4v) is 6.75. The Bertz CT molecular complexity index is 1450. The summed E-state index contributed by atoms with van der Waals surface area (Å²) in [6, 6.07) is 0. The minimum Gasteiger partial charge on any atom is -0.462 e. The Hall–Kier alpha value is -3.33. The molecule has 0 saturated carbocycles. The molecular weight excluding hydrogens is 822 g/mol. The van der Waals surface area contributed by atoms with Crippen LogP contribution in [0.1, 0.15) is 168 Å². The highest BCUT2D eigenvalue weighted by Crippen LogP contribution is 2.43. The van der Waals surface area contributed by atoms with Crippen LogP contribution in [0, 0.1) is 0 Å². The van der Waals surface area contributed by atoms with Crippen molar-refractivity contribution in [3.05, 3.63) is 109 Å². The second kappa shape index (κ2) is 44.9. The third-order valence-electron chi connectivity index (χ3n) is 9.82. The first-order chi connectivity index (χ1) is 31.0. The molecule has 2 atom stereocenters. The van der Waals surface area contributed by atoms with E-state index in [0.29, 0.717) is 17.4 Å². The van der Waals surface area contributed by atoms with Crippen LogP contribution in [0.15, 0.2) is 109 Å². The zero-order valence-electron chi connectivity index (χ0n) is 41.0. The minimum absolute atomic E-state index is 0.0196. The molecule has 0 aliphatic heterocycles. The maximum atomic E-state index is 12.7. The third kappa shape index (κ3) is 48.1. The van der Waals surface area contributed by atoms with Crippen LogP contribution in [0.3, 0.4) is 0 Å². The number of quaternary nitrogens is 1. The Kier molecular flexibility index (Phi) is 42.5. The Labute approximate surface area is 391 Å². The highest BCUT2D eigenvalue weighted by atomic mass is 31.2. The van der Waals surface area contributed by atoms with Gasteiger partial charge in [0.05, 0.1) is 27.7 Å². The van der Waals surface area contributed by atoms with Gasteiger partial charge in [-0.2, -0.15) is 0 Å². The first kappa shape index (κ1) is 60.7. The number of hydrogen-bond acceptors (Lipinski definition) is 7. The van der Waals surface area contributed by atoms with Gasteiger partial charge >= 0.3 is 19.8 Å². The molecule has 0 aromatic carbocycles. The molecule has 0 aromatic rings. The number of carbonyl (C=O) groups excluding carboxylic acids is 2. The van der Waals surface area contributed by atoms with Gasteiger partial charge in [-0.3, -0.25) is 18.6 Å². The molecule has 0 radical (unpaired) electrons. The molecule has 0 aliphatic rings. The van der Waals surface area contributed by atoms with Crippen molar-refractivity contribution in [3.63, 3.8) is 0 Å². The molecule has 0 heterocycles. The Balaban J connectivity index is 4.27. The molecule has 0 aromatic heterocycles. The monoisotopic (exact) mass is 913 g/mol. The Morgan fingerprint density at radius 3 is 1.33 bits per heavy atom. The summed E-state index contributed by atoms with van der Waals surface area (Å²) in [4.78, 5) is 35.3. The summed E-state index contributed by atoms with van der Waals surface area (Å²) in [6.07, 6.45) is 61.6.